The molecule has 2 heterocycles. The van der Waals surface area contributed by atoms with Gasteiger partial charge in [-0.25, -0.2) is 9.78 Å². The molecule has 2 aromatic rings. The van der Waals surface area contributed by atoms with Crippen LogP contribution in [0.3, 0.4) is 0 Å². The maximum absolute atomic E-state index is 12.2. The molecule has 0 unspecified atom stereocenters. The molecule has 1 aliphatic rings. The molecule has 6 nitrogen and oxygen atoms in total. The van der Waals surface area contributed by atoms with E-state index in [2.05, 4.69) is 9.88 Å². The largest absolute Gasteiger partial charge is 0.451 e. The lowest BCUT2D eigenvalue weighted by Gasteiger charge is -2.36. The van der Waals surface area contributed by atoms with Crippen molar-refractivity contribution < 1.29 is 14.3 Å². The molecule has 3 rings (SSSR count). The predicted octanol–water partition coefficient (Wildman–Crippen LogP) is 2.24. The highest BCUT2D eigenvalue weighted by atomic mass is 35.5. The Balaban J connectivity index is 1.49. The molecule has 0 N–H and O–H groups in total. The molecule has 0 bridgehead atoms. The van der Waals surface area contributed by atoms with Crippen molar-refractivity contribution in [2.45, 2.75) is 0 Å². The van der Waals surface area contributed by atoms with E-state index in [1.807, 2.05) is 24.3 Å². The third-order valence-corrected chi connectivity index (χ3v) is 4.35. The van der Waals surface area contributed by atoms with Crippen molar-refractivity contribution in [3.8, 4) is 0 Å². The molecule has 130 valence electrons. The summed E-state index contributed by atoms with van der Waals surface area (Å²) in [6.07, 6.45) is 1.51. The first kappa shape index (κ1) is 17.2. The normalized spacial score (nSPS) is 14.3. The fraction of sp³-hybridized carbons (Fsp3) is 0.278. The number of nitrogens with zero attached hydrogens (tertiary/aromatic N) is 3. The van der Waals surface area contributed by atoms with Crippen LogP contribution in [0.15, 0.2) is 48.7 Å². The Morgan fingerprint density at radius 1 is 1.04 bits per heavy atom. The van der Waals surface area contributed by atoms with Crippen LogP contribution in [0.2, 0.25) is 5.02 Å². The molecule has 0 radical (unpaired) electrons. The monoisotopic (exact) mass is 359 g/mol. The minimum atomic E-state index is -0.594. The Morgan fingerprint density at radius 2 is 1.76 bits per heavy atom. The zero-order chi connectivity index (χ0) is 17.6. The third-order valence-electron chi connectivity index (χ3n) is 4.03. The topological polar surface area (TPSA) is 62.7 Å². The Morgan fingerprint density at radius 3 is 2.44 bits per heavy atom. The summed E-state index contributed by atoms with van der Waals surface area (Å²) in [5.41, 5.74) is 1.16. The van der Waals surface area contributed by atoms with Crippen LogP contribution >= 0.6 is 11.6 Å². The van der Waals surface area contributed by atoms with Crippen molar-refractivity contribution in [3.05, 3.63) is 59.4 Å². The maximum Gasteiger partial charge on any atom is 0.357 e. The van der Waals surface area contributed by atoms with Gasteiger partial charge in [0.2, 0.25) is 0 Å². The van der Waals surface area contributed by atoms with Crippen LogP contribution < -0.4 is 4.90 Å². The molecule has 0 saturated carbocycles. The van der Waals surface area contributed by atoms with Crippen molar-refractivity contribution in [1.82, 2.24) is 9.88 Å². The van der Waals surface area contributed by atoms with Crippen molar-refractivity contribution in [1.29, 1.82) is 0 Å². The summed E-state index contributed by atoms with van der Waals surface area (Å²) in [6, 6.07) is 12.6. The van der Waals surface area contributed by atoms with Crippen molar-refractivity contribution in [2.75, 3.05) is 37.7 Å². The number of esters is 1. The van der Waals surface area contributed by atoms with Gasteiger partial charge in [-0.1, -0.05) is 29.8 Å². The van der Waals surface area contributed by atoms with Crippen LogP contribution in [-0.2, 0) is 9.53 Å². The predicted molar refractivity (Wildman–Crippen MR) is 94.8 cm³/mol. The second kappa shape index (κ2) is 7.98. The Labute approximate surface area is 151 Å². The standard InChI is InChI=1S/C18H18ClN3O3/c19-14-5-1-2-7-16(14)21-9-11-22(12-10-21)17(23)13-25-18(24)15-6-3-4-8-20-15/h1-8H,9-13H2. The minimum Gasteiger partial charge on any atom is -0.451 e. The van der Waals surface area contributed by atoms with Gasteiger partial charge in [-0.3, -0.25) is 4.79 Å². The third kappa shape index (κ3) is 4.28. The summed E-state index contributed by atoms with van der Waals surface area (Å²) >= 11 is 6.21. The van der Waals surface area contributed by atoms with Crippen molar-refractivity contribution >= 4 is 29.2 Å². The lowest BCUT2D eigenvalue weighted by Crippen LogP contribution is -2.50. The number of carbonyl (C=O) groups is 2. The average Bonchev–Trinajstić information content (AvgIpc) is 2.67. The highest BCUT2D eigenvalue weighted by Crippen LogP contribution is 2.25. The Bertz CT molecular complexity index is 746. The number of benzene rings is 1. The number of hydrogen-bond acceptors (Lipinski definition) is 5. The molecule has 1 saturated heterocycles. The van der Waals surface area contributed by atoms with E-state index >= 15 is 0 Å². The second-order valence-corrected chi connectivity index (χ2v) is 6.02. The lowest BCUT2D eigenvalue weighted by atomic mass is 10.2. The first-order valence-electron chi connectivity index (χ1n) is 8.00. The summed E-state index contributed by atoms with van der Waals surface area (Å²) in [7, 11) is 0. The molecule has 1 amide bonds. The van der Waals surface area contributed by atoms with E-state index in [9.17, 15) is 9.59 Å². The number of hydrogen-bond donors (Lipinski definition) is 0. The number of anilines is 1. The van der Waals surface area contributed by atoms with Gasteiger partial charge >= 0.3 is 5.97 Å². The van der Waals surface area contributed by atoms with Crippen LogP contribution in [0.4, 0.5) is 5.69 Å². The second-order valence-electron chi connectivity index (χ2n) is 5.61. The summed E-state index contributed by atoms with van der Waals surface area (Å²) in [5, 5.41) is 0.701. The van der Waals surface area contributed by atoms with Crippen molar-refractivity contribution in [3.63, 3.8) is 0 Å². The van der Waals surface area contributed by atoms with Gasteiger partial charge in [-0.05, 0) is 24.3 Å². The Kier molecular flexibility index (Phi) is 5.50. The van der Waals surface area contributed by atoms with E-state index in [1.54, 1.807) is 23.1 Å². The van der Waals surface area contributed by atoms with Gasteiger partial charge in [-0.2, -0.15) is 0 Å². The van der Waals surface area contributed by atoms with E-state index in [4.69, 9.17) is 16.3 Å². The number of aromatic nitrogens is 1. The summed E-state index contributed by atoms with van der Waals surface area (Å²) in [4.78, 5) is 31.8. The van der Waals surface area contributed by atoms with E-state index in [0.29, 0.717) is 31.2 Å². The molecule has 1 aromatic carbocycles. The molecule has 7 heteroatoms. The zero-order valence-corrected chi connectivity index (χ0v) is 14.4. The van der Waals surface area contributed by atoms with Crippen LogP contribution in [-0.4, -0.2) is 54.5 Å². The Hall–Kier alpha value is -2.60. The first-order chi connectivity index (χ1) is 12.1. The summed E-state index contributed by atoms with van der Waals surface area (Å²) < 4.78 is 5.05. The van der Waals surface area contributed by atoms with E-state index in [1.165, 1.54) is 6.20 Å². The number of ether oxygens (including phenoxy) is 1. The zero-order valence-electron chi connectivity index (χ0n) is 13.6. The number of piperazine rings is 1. The van der Waals surface area contributed by atoms with E-state index in [0.717, 1.165) is 5.69 Å². The average molecular weight is 360 g/mol. The number of amides is 1. The molecule has 1 fully saturated rings. The highest BCUT2D eigenvalue weighted by Gasteiger charge is 2.23. The van der Waals surface area contributed by atoms with Gasteiger partial charge in [0, 0.05) is 32.4 Å². The number of carbonyl (C=O) groups excluding carboxylic acids is 2. The molecule has 0 atom stereocenters. The summed E-state index contributed by atoms with van der Waals surface area (Å²) in [6.45, 7) is 2.21. The molecular formula is C18H18ClN3O3. The molecular weight excluding hydrogens is 342 g/mol. The van der Waals surface area contributed by atoms with Gasteiger partial charge in [-0.15, -0.1) is 0 Å². The summed E-state index contributed by atoms with van der Waals surface area (Å²) in [5.74, 6) is -0.799. The van der Waals surface area contributed by atoms with E-state index < -0.39 is 5.97 Å². The van der Waals surface area contributed by atoms with E-state index in [-0.39, 0.29) is 18.2 Å². The van der Waals surface area contributed by atoms with Gasteiger partial charge in [0.15, 0.2) is 6.61 Å². The molecule has 25 heavy (non-hydrogen) atoms. The van der Waals surface area contributed by atoms with Crippen LogP contribution in [0.5, 0.6) is 0 Å². The lowest BCUT2D eigenvalue weighted by molar-refractivity contribution is -0.134. The highest BCUT2D eigenvalue weighted by molar-refractivity contribution is 6.33. The quantitative estimate of drug-likeness (QED) is 0.783. The minimum absolute atomic E-state index is 0.193. The molecule has 0 aliphatic carbocycles. The molecule has 1 aromatic heterocycles. The van der Waals surface area contributed by atoms with Gasteiger partial charge in [0.05, 0.1) is 10.7 Å². The van der Waals surface area contributed by atoms with Crippen LogP contribution in [0.1, 0.15) is 10.5 Å². The number of rotatable bonds is 4. The fourth-order valence-electron chi connectivity index (χ4n) is 2.68. The fourth-order valence-corrected chi connectivity index (χ4v) is 2.94. The number of pyridine rings is 1. The van der Waals surface area contributed by atoms with Crippen molar-refractivity contribution in [2.24, 2.45) is 0 Å². The SMILES string of the molecule is O=C(OCC(=O)N1CCN(c2ccccc2Cl)CC1)c1ccccn1. The molecule has 1 aliphatic heterocycles. The molecule has 0 spiro atoms. The van der Waals surface area contributed by atoms with Gasteiger partial charge in [0.25, 0.3) is 5.91 Å². The smallest absolute Gasteiger partial charge is 0.357 e. The first-order valence-corrected chi connectivity index (χ1v) is 8.38. The number of para-hydroxylation sites is 1. The van der Waals surface area contributed by atoms with Gasteiger partial charge in [0.1, 0.15) is 5.69 Å². The van der Waals surface area contributed by atoms with Crippen LogP contribution in [0.25, 0.3) is 0 Å². The number of halogens is 1. The van der Waals surface area contributed by atoms with Crippen LogP contribution in [0, 0.1) is 0 Å². The van der Waals surface area contributed by atoms with Gasteiger partial charge < -0.3 is 14.5 Å². The maximum atomic E-state index is 12.2.